The molecule has 0 saturated heterocycles. The van der Waals surface area contributed by atoms with Gasteiger partial charge in [0.2, 0.25) is 17.7 Å². The zero-order valence-corrected chi connectivity index (χ0v) is 11.9. The van der Waals surface area contributed by atoms with Crippen molar-refractivity contribution in [3.05, 3.63) is 31.1 Å². The summed E-state index contributed by atoms with van der Waals surface area (Å²) < 4.78 is 3.73. The summed E-state index contributed by atoms with van der Waals surface area (Å²) in [5.41, 5.74) is 0. The first-order valence-electron chi connectivity index (χ1n) is 6.81. The smallest absolute Gasteiger partial charge is 0.240 e. The highest BCUT2D eigenvalue weighted by Crippen LogP contribution is 2.16. The van der Waals surface area contributed by atoms with Gasteiger partial charge in [-0.2, -0.15) is 15.0 Å². The summed E-state index contributed by atoms with van der Waals surface area (Å²) in [4.78, 5) is 21.7. The number of aryl methyl sites for hydroxylation is 1. The van der Waals surface area contributed by atoms with Crippen LogP contribution >= 0.6 is 0 Å². The average molecular weight is 284 g/mol. The van der Waals surface area contributed by atoms with Crippen LogP contribution < -0.4 is 5.32 Å². The fraction of sp³-hybridized carbons (Fsp3) is 0.308. The van der Waals surface area contributed by atoms with Crippen LogP contribution in [0.15, 0.2) is 31.1 Å². The molecule has 3 aromatic heterocycles. The Morgan fingerprint density at radius 1 is 1.10 bits per heavy atom. The largest absolute Gasteiger partial charge is 0.354 e. The Kier molecular flexibility index (Phi) is 3.59. The van der Waals surface area contributed by atoms with E-state index in [9.17, 15) is 0 Å². The number of hydrogen-bond acceptors (Lipinski definition) is 6. The quantitative estimate of drug-likeness (QED) is 0.761. The lowest BCUT2D eigenvalue weighted by molar-refractivity contribution is 0.760. The van der Waals surface area contributed by atoms with E-state index < -0.39 is 0 Å². The van der Waals surface area contributed by atoms with Crippen LogP contribution in [0.1, 0.15) is 13.8 Å². The van der Waals surface area contributed by atoms with Crippen molar-refractivity contribution < 1.29 is 0 Å². The first-order chi connectivity index (χ1) is 10.3. The molecule has 1 N–H and O–H groups in total. The maximum atomic E-state index is 4.49. The minimum absolute atomic E-state index is 0.513. The lowest BCUT2D eigenvalue weighted by Gasteiger charge is -2.08. The molecule has 0 saturated carbocycles. The van der Waals surface area contributed by atoms with Gasteiger partial charge in [-0.3, -0.25) is 4.57 Å². The molecule has 3 aromatic rings. The predicted octanol–water partition coefficient (Wildman–Crippen LogP) is 1.37. The van der Waals surface area contributed by atoms with Gasteiger partial charge in [0.15, 0.2) is 5.82 Å². The molecule has 8 heteroatoms. The molecule has 0 aromatic carbocycles. The van der Waals surface area contributed by atoms with Crippen molar-refractivity contribution in [2.45, 2.75) is 20.4 Å². The van der Waals surface area contributed by atoms with Gasteiger partial charge in [0.1, 0.15) is 6.33 Å². The number of anilines is 1. The molecule has 3 rings (SSSR count). The van der Waals surface area contributed by atoms with Crippen molar-refractivity contribution in [1.29, 1.82) is 0 Å². The van der Waals surface area contributed by atoms with E-state index in [1.807, 2.05) is 24.6 Å². The molecule has 8 nitrogen and oxygen atoms in total. The molecule has 0 aliphatic heterocycles. The van der Waals surface area contributed by atoms with Crippen LogP contribution in [0, 0.1) is 0 Å². The van der Waals surface area contributed by atoms with Gasteiger partial charge >= 0.3 is 0 Å². The van der Waals surface area contributed by atoms with Gasteiger partial charge in [-0.05, 0) is 13.8 Å². The van der Waals surface area contributed by atoms with Crippen molar-refractivity contribution in [3.63, 3.8) is 0 Å². The first-order valence-corrected chi connectivity index (χ1v) is 6.81. The van der Waals surface area contributed by atoms with Crippen LogP contribution in [0.5, 0.6) is 0 Å². The molecule has 0 aliphatic carbocycles. The minimum atomic E-state index is 0.513. The van der Waals surface area contributed by atoms with Crippen LogP contribution in [-0.4, -0.2) is 40.6 Å². The lowest BCUT2D eigenvalue weighted by Crippen LogP contribution is -2.10. The zero-order chi connectivity index (χ0) is 14.7. The third-order valence-corrected chi connectivity index (χ3v) is 2.95. The van der Waals surface area contributed by atoms with E-state index in [1.165, 1.54) is 0 Å². The summed E-state index contributed by atoms with van der Waals surface area (Å²) in [6.07, 6.45) is 8.78. The molecule has 0 radical (unpaired) electrons. The molecule has 0 fully saturated rings. The predicted molar refractivity (Wildman–Crippen MR) is 78.0 cm³/mol. The van der Waals surface area contributed by atoms with Gasteiger partial charge in [0.25, 0.3) is 0 Å². The maximum absolute atomic E-state index is 4.49. The molecular weight excluding hydrogens is 268 g/mol. The Morgan fingerprint density at radius 3 is 2.71 bits per heavy atom. The molecular formula is C13H16N8. The monoisotopic (exact) mass is 284 g/mol. The van der Waals surface area contributed by atoms with E-state index in [4.69, 9.17) is 0 Å². The standard InChI is InChI=1S/C13H16N8/c1-3-15-12-17-10(11-16-6-8-20(11)4-2)18-13(19-12)21-7-5-14-9-21/h5-9H,3-4H2,1-2H3,(H,15,17,18,19). The van der Waals surface area contributed by atoms with Crippen LogP contribution in [0.3, 0.4) is 0 Å². The minimum Gasteiger partial charge on any atom is -0.354 e. The summed E-state index contributed by atoms with van der Waals surface area (Å²) >= 11 is 0. The number of imidazole rings is 2. The molecule has 0 bridgehead atoms. The van der Waals surface area contributed by atoms with Gasteiger partial charge in [-0.25, -0.2) is 9.97 Å². The second-order valence-electron chi connectivity index (χ2n) is 4.32. The zero-order valence-electron chi connectivity index (χ0n) is 11.9. The normalized spacial score (nSPS) is 10.8. The second-order valence-corrected chi connectivity index (χ2v) is 4.32. The Balaban J connectivity index is 2.11. The number of nitrogens with zero attached hydrogens (tertiary/aromatic N) is 7. The highest BCUT2D eigenvalue weighted by molar-refractivity contribution is 5.48. The van der Waals surface area contributed by atoms with E-state index in [1.54, 1.807) is 29.5 Å². The topological polar surface area (TPSA) is 86.3 Å². The summed E-state index contributed by atoms with van der Waals surface area (Å²) in [7, 11) is 0. The van der Waals surface area contributed by atoms with Gasteiger partial charge in [-0.1, -0.05) is 0 Å². The molecule has 108 valence electrons. The van der Waals surface area contributed by atoms with E-state index in [0.717, 1.165) is 18.9 Å². The SMILES string of the molecule is CCNc1nc(-c2nccn2CC)nc(-n2ccnc2)n1. The molecule has 0 atom stereocenters. The van der Waals surface area contributed by atoms with Crippen molar-refractivity contribution >= 4 is 5.95 Å². The van der Waals surface area contributed by atoms with Crippen molar-refractivity contribution in [2.75, 3.05) is 11.9 Å². The lowest BCUT2D eigenvalue weighted by atomic mass is 10.5. The second kappa shape index (κ2) is 5.70. The van der Waals surface area contributed by atoms with E-state index in [-0.39, 0.29) is 0 Å². The van der Waals surface area contributed by atoms with Crippen molar-refractivity contribution in [1.82, 2.24) is 34.1 Å². The maximum Gasteiger partial charge on any atom is 0.240 e. The summed E-state index contributed by atoms with van der Waals surface area (Å²) in [5.74, 6) is 2.30. The Labute approximate surface area is 121 Å². The Bertz CT molecular complexity index is 716. The van der Waals surface area contributed by atoms with Gasteiger partial charge in [0, 0.05) is 37.9 Å². The third-order valence-electron chi connectivity index (χ3n) is 2.95. The first kappa shape index (κ1) is 13.2. The summed E-state index contributed by atoms with van der Waals surface area (Å²) in [5, 5.41) is 3.12. The number of hydrogen-bond donors (Lipinski definition) is 1. The summed E-state index contributed by atoms with van der Waals surface area (Å²) in [6, 6.07) is 0. The molecule has 0 spiro atoms. The third kappa shape index (κ3) is 2.60. The van der Waals surface area contributed by atoms with E-state index in [2.05, 4.69) is 30.2 Å². The van der Waals surface area contributed by atoms with Crippen molar-refractivity contribution in [2.24, 2.45) is 0 Å². The summed E-state index contributed by atoms with van der Waals surface area (Å²) in [6.45, 7) is 5.58. The van der Waals surface area contributed by atoms with Crippen LogP contribution in [-0.2, 0) is 6.54 Å². The van der Waals surface area contributed by atoms with Gasteiger partial charge < -0.3 is 9.88 Å². The Hall–Kier alpha value is -2.77. The molecule has 21 heavy (non-hydrogen) atoms. The number of rotatable bonds is 5. The highest BCUT2D eigenvalue weighted by Gasteiger charge is 2.13. The Morgan fingerprint density at radius 2 is 2.00 bits per heavy atom. The van der Waals surface area contributed by atoms with Crippen LogP contribution in [0.25, 0.3) is 17.6 Å². The average Bonchev–Trinajstić information content (AvgIpc) is 3.18. The molecule has 0 amide bonds. The highest BCUT2D eigenvalue weighted by atomic mass is 15.3. The number of aromatic nitrogens is 7. The molecule has 0 unspecified atom stereocenters. The number of nitrogens with one attached hydrogen (secondary N) is 1. The van der Waals surface area contributed by atoms with E-state index in [0.29, 0.717) is 17.7 Å². The van der Waals surface area contributed by atoms with Crippen LogP contribution in [0.2, 0.25) is 0 Å². The fourth-order valence-corrected chi connectivity index (χ4v) is 1.97. The van der Waals surface area contributed by atoms with E-state index >= 15 is 0 Å². The molecule has 3 heterocycles. The van der Waals surface area contributed by atoms with Crippen molar-refractivity contribution in [3.8, 4) is 17.6 Å². The van der Waals surface area contributed by atoms with Gasteiger partial charge in [-0.15, -0.1) is 0 Å². The fourth-order valence-electron chi connectivity index (χ4n) is 1.97. The van der Waals surface area contributed by atoms with Gasteiger partial charge in [0.05, 0.1) is 0 Å². The molecule has 0 aliphatic rings. The van der Waals surface area contributed by atoms with Crippen LogP contribution in [0.4, 0.5) is 5.95 Å².